The third-order valence-electron chi connectivity index (χ3n) is 3.68. The molecule has 0 saturated carbocycles. The Morgan fingerprint density at radius 2 is 2.28 bits per heavy atom. The Bertz CT molecular complexity index is 358. The summed E-state index contributed by atoms with van der Waals surface area (Å²) in [6, 6.07) is 4.24. The molecular formula is C14H21NO2S. The first kappa shape index (κ1) is 13.7. The highest BCUT2D eigenvalue weighted by atomic mass is 32.1. The van der Waals surface area contributed by atoms with E-state index in [1.165, 1.54) is 4.88 Å². The molecule has 0 unspecified atom stereocenters. The van der Waals surface area contributed by atoms with Crippen LogP contribution in [0.3, 0.4) is 0 Å². The zero-order valence-corrected chi connectivity index (χ0v) is 11.7. The number of hydrogen-bond donors (Lipinski definition) is 0. The van der Waals surface area contributed by atoms with Gasteiger partial charge in [-0.3, -0.25) is 4.90 Å². The minimum Gasteiger partial charge on any atom is -0.381 e. The van der Waals surface area contributed by atoms with Crippen LogP contribution in [0.5, 0.6) is 0 Å². The zero-order valence-electron chi connectivity index (χ0n) is 10.9. The molecule has 0 radical (unpaired) electrons. The molecule has 0 bridgehead atoms. The van der Waals surface area contributed by atoms with E-state index >= 15 is 0 Å². The highest BCUT2D eigenvalue weighted by molar-refractivity contribution is 7.09. The summed E-state index contributed by atoms with van der Waals surface area (Å²) in [5.74, 6) is 0. The van der Waals surface area contributed by atoms with Gasteiger partial charge in [-0.2, -0.15) is 0 Å². The lowest BCUT2D eigenvalue weighted by molar-refractivity contribution is -0.123. The van der Waals surface area contributed by atoms with Gasteiger partial charge >= 0.3 is 0 Å². The second-order valence-corrected chi connectivity index (χ2v) is 6.01. The van der Waals surface area contributed by atoms with Gasteiger partial charge in [0.05, 0.1) is 0 Å². The molecule has 0 aliphatic carbocycles. The first-order valence-corrected chi connectivity index (χ1v) is 7.45. The van der Waals surface area contributed by atoms with Crippen molar-refractivity contribution in [2.75, 3.05) is 26.3 Å². The van der Waals surface area contributed by atoms with Crippen LogP contribution in [-0.2, 0) is 16.1 Å². The Morgan fingerprint density at radius 3 is 2.83 bits per heavy atom. The van der Waals surface area contributed by atoms with Crippen LogP contribution in [0.4, 0.5) is 0 Å². The monoisotopic (exact) mass is 267 g/mol. The van der Waals surface area contributed by atoms with Gasteiger partial charge in [0.15, 0.2) is 0 Å². The van der Waals surface area contributed by atoms with Crippen LogP contribution in [0, 0.1) is 5.41 Å². The minimum absolute atomic E-state index is 0.189. The van der Waals surface area contributed by atoms with Crippen molar-refractivity contribution in [2.24, 2.45) is 5.41 Å². The molecule has 0 spiro atoms. The SMILES string of the molecule is CCN(Cc1cccs1)CC1(C=O)CCOCC1. The van der Waals surface area contributed by atoms with Gasteiger partial charge in [-0.15, -0.1) is 11.3 Å². The van der Waals surface area contributed by atoms with E-state index in [2.05, 4.69) is 29.3 Å². The molecule has 1 fully saturated rings. The molecule has 2 rings (SSSR count). The van der Waals surface area contributed by atoms with E-state index in [0.29, 0.717) is 0 Å². The van der Waals surface area contributed by atoms with Crippen LogP contribution < -0.4 is 0 Å². The molecular weight excluding hydrogens is 246 g/mol. The van der Waals surface area contributed by atoms with Crippen molar-refractivity contribution >= 4 is 17.6 Å². The van der Waals surface area contributed by atoms with E-state index in [4.69, 9.17) is 4.74 Å². The van der Waals surface area contributed by atoms with Crippen LogP contribution in [-0.4, -0.2) is 37.5 Å². The average Bonchev–Trinajstić information content (AvgIpc) is 2.92. The van der Waals surface area contributed by atoms with Crippen LogP contribution in [0.15, 0.2) is 17.5 Å². The molecule has 1 aromatic heterocycles. The van der Waals surface area contributed by atoms with Crippen molar-refractivity contribution in [3.63, 3.8) is 0 Å². The van der Waals surface area contributed by atoms with E-state index in [0.717, 1.165) is 52.0 Å². The molecule has 2 heterocycles. The standard InChI is InChI=1S/C14H21NO2S/c1-2-15(10-13-4-3-9-18-13)11-14(12-16)5-7-17-8-6-14/h3-4,9,12H,2,5-8,10-11H2,1H3. The van der Waals surface area contributed by atoms with Gasteiger partial charge in [-0.1, -0.05) is 13.0 Å². The van der Waals surface area contributed by atoms with Crippen molar-refractivity contribution in [3.05, 3.63) is 22.4 Å². The largest absolute Gasteiger partial charge is 0.381 e. The Labute approximate surface area is 113 Å². The van der Waals surface area contributed by atoms with Crippen LogP contribution >= 0.6 is 11.3 Å². The molecule has 0 aromatic carbocycles. The van der Waals surface area contributed by atoms with Crippen LogP contribution in [0.25, 0.3) is 0 Å². The maximum Gasteiger partial charge on any atom is 0.127 e. The average molecular weight is 267 g/mol. The second kappa shape index (κ2) is 6.45. The van der Waals surface area contributed by atoms with Gasteiger partial charge in [-0.05, 0) is 30.8 Å². The fourth-order valence-electron chi connectivity index (χ4n) is 2.44. The summed E-state index contributed by atoms with van der Waals surface area (Å²) in [7, 11) is 0. The van der Waals surface area contributed by atoms with Crippen LogP contribution in [0.2, 0.25) is 0 Å². The molecule has 1 aromatic rings. The predicted octanol–water partition coefficient (Wildman–Crippen LogP) is 2.57. The molecule has 3 nitrogen and oxygen atoms in total. The Morgan fingerprint density at radius 1 is 1.50 bits per heavy atom. The summed E-state index contributed by atoms with van der Waals surface area (Å²) in [5, 5.41) is 2.10. The van der Waals surface area contributed by atoms with Crippen LogP contribution in [0.1, 0.15) is 24.6 Å². The summed E-state index contributed by atoms with van der Waals surface area (Å²) < 4.78 is 5.37. The third-order valence-corrected chi connectivity index (χ3v) is 4.54. The lowest BCUT2D eigenvalue weighted by Gasteiger charge is -2.36. The number of hydrogen-bond acceptors (Lipinski definition) is 4. The number of rotatable bonds is 6. The fraction of sp³-hybridized carbons (Fsp3) is 0.643. The number of carbonyl (C=O) groups is 1. The van der Waals surface area contributed by atoms with Crippen molar-refractivity contribution in [1.29, 1.82) is 0 Å². The highest BCUT2D eigenvalue weighted by Crippen LogP contribution is 2.30. The normalized spacial score (nSPS) is 19.0. The van der Waals surface area contributed by atoms with E-state index in [-0.39, 0.29) is 5.41 Å². The third kappa shape index (κ3) is 3.40. The Kier molecular flexibility index (Phi) is 4.92. The van der Waals surface area contributed by atoms with Gasteiger partial charge in [0.1, 0.15) is 6.29 Å². The van der Waals surface area contributed by atoms with E-state index in [1.54, 1.807) is 11.3 Å². The molecule has 0 amide bonds. The number of ether oxygens (including phenoxy) is 1. The molecule has 4 heteroatoms. The summed E-state index contributed by atoms with van der Waals surface area (Å²) in [6.45, 7) is 6.38. The summed E-state index contributed by atoms with van der Waals surface area (Å²) >= 11 is 1.78. The highest BCUT2D eigenvalue weighted by Gasteiger charge is 2.33. The van der Waals surface area contributed by atoms with E-state index in [1.807, 2.05) is 0 Å². The maximum atomic E-state index is 11.5. The first-order valence-electron chi connectivity index (χ1n) is 6.57. The van der Waals surface area contributed by atoms with Gasteiger partial charge in [-0.25, -0.2) is 0 Å². The quantitative estimate of drug-likeness (QED) is 0.742. The maximum absolute atomic E-state index is 11.5. The summed E-state index contributed by atoms with van der Waals surface area (Å²) in [4.78, 5) is 15.2. The van der Waals surface area contributed by atoms with Crippen molar-refractivity contribution in [2.45, 2.75) is 26.3 Å². The predicted molar refractivity (Wildman–Crippen MR) is 73.8 cm³/mol. The smallest absolute Gasteiger partial charge is 0.127 e. The van der Waals surface area contributed by atoms with Crippen molar-refractivity contribution in [3.8, 4) is 0 Å². The lowest BCUT2D eigenvalue weighted by Crippen LogP contribution is -2.42. The number of aldehydes is 1. The molecule has 100 valence electrons. The molecule has 0 N–H and O–H groups in total. The summed E-state index contributed by atoms with van der Waals surface area (Å²) in [6.07, 6.45) is 2.88. The zero-order chi connectivity index (χ0) is 12.8. The summed E-state index contributed by atoms with van der Waals surface area (Å²) in [5.41, 5.74) is -0.189. The lowest BCUT2D eigenvalue weighted by atomic mass is 9.81. The van der Waals surface area contributed by atoms with E-state index in [9.17, 15) is 4.79 Å². The van der Waals surface area contributed by atoms with E-state index < -0.39 is 0 Å². The molecule has 18 heavy (non-hydrogen) atoms. The first-order chi connectivity index (χ1) is 8.78. The Balaban J connectivity index is 1.97. The minimum atomic E-state index is -0.189. The van der Waals surface area contributed by atoms with Crippen molar-refractivity contribution in [1.82, 2.24) is 4.90 Å². The fourth-order valence-corrected chi connectivity index (χ4v) is 3.19. The number of nitrogens with zero attached hydrogens (tertiary/aromatic N) is 1. The molecule has 0 atom stereocenters. The topological polar surface area (TPSA) is 29.5 Å². The van der Waals surface area contributed by atoms with Crippen molar-refractivity contribution < 1.29 is 9.53 Å². The van der Waals surface area contributed by atoms with Gasteiger partial charge < -0.3 is 9.53 Å². The van der Waals surface area contributed by atoms with Gasteiger partial charge in [0.25, 0.3) is 0 Å². The Hall–Kier alpha value is -0.710. The van der Waals surface area contributed by atoms with Gasteiger partial charge in [0.2, 0.25) is 0 Å². The second-order valence-electron chi connectivity index (χ2n) is 4.98. The van der Waals surface area contributed by atoms with Gasteiger partial charge in [0, 0.05) is 36.6 Å². The molecule has 1 aliphatic heterocycles. The number of carbonyl (C=O) groups excluding carboxylic acids is 1. The molecule has 1 aliphatic rings. The number of thiophene rings is 1. The molecule has 1 saturated heterocycles.